The van der Waals surface area contributed by atoms with E-state index in [-0.39, 0.29) is 12.5 Å². The molecule has 0 atom stereocenters. The van der Waals surface area contributed by atoms with Crippen molar-refractivity contribution < 1.29 is 9.53 Å². The SMILES string of the molecule is Cc1ccc(OCC(=O)Nc2cc(Cl)ccc2-n2cncn2)c(C)c1. The Labute approximate surface area is 150 Å². The van der Waals surface area contributed by atoms with Gasteiger partial charge in [0.05, 0.1) is 11.4 Å². The zero-order valence-electron chi connectivity index (χ0n) is 13.9. The monoisotopic (exact) mass is 356 g/mol. The van der Waals surface area contributed by atoms with Gasteiger partial charge in [-0.1, -0.05) is 29.3 Å². The molecule has 0 unspecified atom stereocenters. The number of nitrogens with one attached hydrogen (secondary N) is 1. The van der Waals surface area contributed by atoms with Crippen LogP contribution in [0.1, 0.15) is 11.1 Å². The molecule has 0 saturated carbocycles. The number of carbonyl (C=O) groups excluding carboxylic acids is 1. The smallest absolute Gasteiger partial charge is 0.262 e. The number of anilines is 1. The molecule has 0 aliphatic heterocycles. The summed E-state index contributed by atoms with van der Waals surface area (Å²) in [5.74, 6) is 0.395. The van der Waals surface area contributed by atoms with E-state index in [0.717, 1.165) is 11.1 Å². The molecule has 3 aromatic rings. The number of benzene rings is 2. The third kappa shape index (κ3) is 4.16. The minimum Gasteiger partial charge on any atom is -0.483 e. The van der Waals surface area contributed by atoms with Gasteiger partial charge in [-0.2, -0.15) is 5.10 Å². The van der Waals surface area contributed by atoms with Gasteiger partial charge in [-0.15, -0.1) is 0 Å². The zero-order valence-corrected chi connectivity index (χ0v) is 14.6. The first-order valence-corrected chi connectivity index (χ1v) is 8.05. The lowest BCUT2D eigenvalue weighted by Gasteiger charge is -2.13. The van der Waals surface area contributed by atoms with Gasteiger partial charge in [0, 0.05) is 5.02 Å². The van der Waals surface area contributed by atoms with Crippen molar-refractivity contribution in [1.29, 1.82) is 0 Å². The van der Waals surface area contributed by atoms with Gasteiger partial charge in [-0.25, -0.2) is 9.67 Å². The van der Waals surface area contributed by atoms with E-state index in [9.17, 15) is 4.79 Å². The quantitative estimate of drug-likeness (QED) is 0.759. The van der Waals surface area contributed by atoms with Crippen LogP contribution in [0.3, 0.4) is 0 Å². The standard InChI is InChI=1S/C18H17ClN4O2/c1-12-3-6-17(13(2)7-12)25-9-18(24)22-15-8-14(19)4-5-16(15)23-11-20-10-21-23/h3-8,10-11H,9H2,1-2H3,(H,22,24). The molecule has 25 heavy (non-hydrogen) atoms. The van der Waals surface area contributed by atoms with Gasteiger partial charge >= 0.3 is 0 Å². The molecule has 0 fully saturated rings. The Morgan fingerprint density at radius 3 is 2.80 bits per heavy atom. The normalized spacial score (nSPS) is 10.5. The fourth-order valence-electron chi connectivity index (χ4n) is 2.43. The highest BCUT2D eigenvalue weighted by Crippen LogP contribution is 2.24. The van der Waals surface area contributed by atoms with Crippen LogP contribution in [0.25, 0.3) is 5.69 Å². The number of carbonyl (C=O) groups is 1. The zero-order chi connectivity index (χ0) is 17.8. The summed E-state index contributed by atoms with van der Waals surface area (Å²) in [5, 5.41) is 7.39. The van der Waals surface area contributed by atoms with Crippen molar-refractivity contribution in [2.45, 2.75) is 13.8 Å². The van der Waals surface area contributed by atoms with Crippen molar-refractivity contribution in [3.8, 4) is 11.4 Å². The number of aryl methyl sites for hydroxylation is 2. The second kappa shape index (κ2) is 7.36. The summed E-state index contributed by atoms with van der Waals surface area (Å²) in [6.45, 7) is 3.85. The minimum absolute atomic E-state index is 0.104. The van der Waals surface area contributed by atoms with Crippen LogP contribution in [-0.2, 0) is 4.79 Å². The van der Waals surface area contributed by atoms with Crippen LogP contribution in [0, 0.1) is 13.8 Å². The van der Waals surface area contributed by atoms with E-state index in [2.05, 4.69) is 15.4 Å². The number of hydrogen-bond donors (Lipinski definition) is 1. The first kappa shape index (κ1) is 17.0. The molecule has 6 nitrogen and oxygen atoms in total. The van der Waals surface area contributed by atoms with Crippen LogP contribution < -0.4 is 10.1 Å². The third-order valence-corrected chi connectivity index (χ3v) is 3.82. The van der Waals surface area contributed by atoms with Crippen molar-refractivity contribution >= 4 is 23.2 Å². The Hall–Kier alpha value is -2.86. The van der Waals surface area contributed by atoms with Crippen LogP contribution in [0.4, 0.5) is 5.69 Å². The third-order valence-electron chi connectivity index (χ3n) is 3.59. The molecule has 0 aliphatic rings. The van der Waals surface area contributed by atoms with E-state index in [1.165, 1.54) is 6.33 Å². The van der Waals surface area contributed by atoms with Gasteiger partial charge in [0.15, 0.2) is 6.61 Å². The van der Waals surface area contributed by atoms with Gasteiger partial charge in [-0.3, -0.25) is 4.79 Å². The molecule has 1 heterocycles. The highest BCUT2D eigenvalue weighted by molar-refractivity contribution is 6.31. The number of hydrogen-bond acceptors (Lipinski definition) is 4. The van der Waals surface area contributed by atoms with E-state index >= 15 is 0 Å². The topological polar surface area (TPSA) is 69.0 Å². The van der Waals surface area contributed by atoms with Crippen LogP contribution in [-0.4, -0.2) is 27.3 Å². The van der Waals surface area contributed by atoms with E-state index < -0.39 is 0 Å². The van der Waals surface area contributed by atoms with E-state index in [1.54, 1.807) is 29.2 Å². The molecular formula is C18H17ClN4O2. The first-order chi connectivity index (χ1) is 12.0. The van der Waals surface area contributed by atoms with Gasteiger partial charge in [-0.05, 0) is 43.7 Å². The molecule has 1 aromatic heterocycles. The van der Waals surface area contributed by atoms with Gasteiger partial charge in [0.2, 0.25) is 0 Å². The van der Waals surface area contributed by atoms with Crippen molar-refractivity contribution in [3.05, 3.63) is 65.2 Å². The molecule has 0 spiro atoms. The fraction of sp³-hybridized carbons (Fsp3) is 0.167. The van der Waals surface area contributed by atoms with Gasteiger partial charge in [0.1, 0.15) is 18.4 Å². The highest BCUT2D eigenvalue weighted by Gasteiger charge is 2.11. The summed E-state index contributed by atoms with van der Waals surface area (Å²) in [7, 11) is 0. The maximum absolute atomic E-state index is 12.3. The molecule has 0 aliphatic carbocycles. The molecule has 0 bridgehead atoms. The average molecular weight is 357 g/mol. The summed E-state index contributed by atoms with van der Waals surface area (Å²) >= 11 is 6.04. The highest BCUT2D eigenvalue weighted by atomic mass is 35.5. The number of halogens is 1. The molecule has 7 heteroatoms. The Bertz CT molecular complexity index is 894. The number of nitrogens with zero attached hydrogens (tertiary/aromatic N) is 3. The van der Waals surface area contributed by atoms with E-state index in [0.29, 0.717) is 22.1 Å². The Kier molecular flexibility index (Phi) is 5.00. The van der Waals surface area contributed by atoms with Gasteiger partial charge < -0.3 is 10.1 Å². The lowest BCUT2D eigenvalue weighted by atomic mass is 10.1. The molecule has 0 radical (unpaired) electrons. The van der Waals surface area contributed by atoms with Crippen LogP contribution >= 0.6 is 11.6 Å². The summed E-state index contributed by atoms with van der Waals surface area (Å²) in [6.07, 6.45) is 2.97. The van der Waals surface area contributed by atoms with Crippen molar-refractivity contribution in [2.75, 3.05) is 11.9 Å². The molecule has 128 valence electrons. The molecule has 2 aromatic carbocycles. The van der Waals surface area contributed by atoms with Crippen LogP contribution in [0.2, 0.25) is 5.02 Å². The number of amides is 1. The summed E-state index contributed by atoms with van der Waals surface area (Å²) in [6, 6.07) is 11.0. The van der Waals surface area contributed by atoms with Crippen molar-refractivity contribution in [2.24, 2.45) is 0 Å². The second-order valence-electron chi connectivity index (χ2n) is 5.61. The summed E-state index contributed by atoms with van der Waals surface area (Å²) < 4.78 is 7.16. The molecule has 1 amide bonds. The van der Waals surface area contributed by atoms with E-state index in [1.807, 2.05) is 32.0 Å². The Balaban J connectivity index is 1.72. The number of ether oxygens (including phenoxy) is 1. The summed E-state index contributed by atoms with van der Waals surface area (Å²) in [5.41, 5.74) is 3.33. The minimum atomic E-state index is -0.288. The van der Waals surface area contributed by atoms with Crippen molar-refractivity contribution in [3.63, 3.8) is 0 Å². The maximum Gasteiger partial charge on any atom is 0.262 e. The molecule has 0 saturated heterocycles. The Morgan fingerprint density at radius 2 is 2.08 bits per heavy atom. The van der Waals surface area contributed by atoms with Crippen LogP contribution in [0.15, 0.2) is 49.1 Å². The molecule has 1 N–H and O–H groups in total. The lowest BCUT2D eigenvalue weighted by Crippen LogP contribution is -2.21. The number of rotatable bonds is 5. The second-order valence-corrected chi connectivity index (χ2v) is 6.04. The van der Waals surface area contributed by atoms with Crippen molar-refractivity contribution in [1.82, 2.24) is 14.8 Å². The molecular weight excluding hydrogens is 340 g/mol. The van der Waals surface area contributed by atoms with Gasteiger partial charge in [0.25, 0.3) is 5.91 Å². The fourth-order valence-corrected chi connectivity index (χ4v) is 2.60. The Morgan fingerprint density at radius 1 is 1.24 bits per heavy atom. The number of aromatic nitrogens is 3. The lowest BCUT2D eigenvalue weighted by molar-refractivity contribution is -0.118. The van der Waals surface area contributed by atoms with Crippen LogP contribution in [0.5, 0.6) is 5.75 Å². The average Bonchev–Trinajstić information content (AvgIpc) is 3.08. The maximum atomic E-state index is 12.3. The predicted octanol–water partition coefficient (Wildman–Crippen LogP) is 3.56. The largest absolute Gasteiger partial charge is 0.483 e. The van der Waals surface area contributed by atoms with E-state index in [4.69, 9.17) is 16.3 Å². The molecule has 3 rings (SSSR count). The first-order valence-electron chi connectivity index (χ1n) is 7.67. The summed E-state index contributed by atoms with van der Waals surface area (Å²) in [4.78, 5) is 16.2. The predicted molar refractivity (Wildman–Crippen MR) is 96.4 cm³/mol.